The highest BCUT2D eigenvalue weighted by Crippen LogP contribution is 2.29. The van der Waals surface area contributed by atoms with Crippen LogP contribution in [0.4, 0.5) is 5.69 Å². The third-order valence-corrected chi connectivity index (χ3v) is 4.08. The second-order valence-corrected chi connectivity index (χ2v) is 5.57. The molecule has 0 bridgehead atoms. The van der Waals surface area contributed by atoms with Crippen LogP contribution >= 0.6 is 0 Å². The van der Waals surface area contributed by atoms with Crippen molar-refractivity contribution in [1.29, 1.82) is 5.26 Å². The molecule has 0 radical (unpaired) electrons. The van der Waals surface area contributed by atoms with Gasteiger partial charge < -0.3 is 4.90 Å². The van der Waals surface area contributed by atoms with Gasteiger partial charge in [-0.1, -0.05) is 24.1 Å². The van der Waals surface area contributed by atoms with E-state index in [1.54, 1.807) is 4.90 Å². The Morgan fingerprint density at radius 1 is 1.24 bits per heavy atom. The summed E-state index contributed by atoms with van der Waals surface area (Å²) in [5.74, 6) is -0.229. The van der Waals surface area contributed by atoms with Crippen LogP contribution < -0.4 is 5.01 Å². The molecule has 1 atom stereocenters. The van der Waals surface area contributed by atoms with Crippen molar-refractivity contribution in [3.05, 3.63) is 29.8 Å². The van der Waals surface area contributed by atoms with Crippen molar-refractivity contribution < 1.29 is 4.79 Å². The van der Waals surface area contributed by atoms with Crippen molar-refractivity contribution in [2.75, 3.05) is 11.6 Å². The highest BCUT2D eigenvalue weighted by molar-refractivity contribution is 6.45. The van der Waals surface area contributed by atoms with E-state index in [-0.39, 0.29) is 17.8 Å². The largest absolute Gasteiger partial charge is 0.314 e. The van der Waals surface area contributed by atoms with E-state index < -0.39 is 0 Å². The highest BCUT2D eigenvalue weighted by atomic mass is 16.2. The topological polar surface area (TPSA) is 59.7 Å². The first-order chi connectivity index (χ1) is 10.2. The van der Waals surface area contributed by atoms with Gasteiger partial charge in [-0.15, -0.1) is 0 Å². The summed E-state index contributed by atoms with van der Waals surface area (Å²) in [4.78, 5) is 14.1. The minimum absolute atomic E-state index is 0.0197. The summed E-state index contributed by atoms with van der Waals surface area (Å²) in [7, 11) is 0. The molecule has 1 aromatic rings. The molecule has 0 N–H and O–H groups in total. The third kappa shape index (κ3) is 2.49. The predicted molar refractivity (Wildman–Crippen MR) is 80.7 cm³/mol. The summed E-state index contributed by atoms with van der Waals surface area (Å²) >= 11 is 0. The zero-order valence-corrected chi connectivity index (χ0v) is 12.1. The van der Waals surface area contributed by atoms with Gasteiger partial charge in [0.05, 0.1) is 5.69 Å². The third-order valence-electron chi connectivity index (χ3n) is 4.08. The van der Waals surface area contributed by atoms with Gasteiger partial charge in [-0.3, -0.25) is 4.79 Å². The van der Waals surface area contributed by atoms with Crippen molar-refractivity contribution in [3.8, 4) is 6.07 Å². The number of hydrazone groups is 1. The van der Waals surface area contributed by atoms with Crippen LogP contribution in [0.25, 0.3) is 0 Å². The van der Waals surface area contributed by atoms with E-state index in [1.807, 2.05) is 42.3 Å². The molecule has 108 valence electrons. The van der Waals surface area contributed by atoms with Crippen molar-refractivity contribution in [3.63, 3.8) is 0 Å². The number of nitriles is 1. The number of carbonyl (C=O) groups is 1. The van der Waals surface area contributed by atoms with E-state index in [1.165, 1.54) is 5.56 Å². The lowest BCUT2D eigenvalue weighted by molar-refractivity contribution is -0.126. The molecule has 2 aliphatic heterocycles. The van der Waals surface area contributed by atoms with Gasteiger partial charge in [-0.05, 0) is 38.3 Å². The molecule has 0 aromatic heterocycles. The van der Waals surface area contributed by atoms with Crippen LogP contribution in [0.3, 0.4) is 0 Å². The first-order valence-electron chi connectivity index (χ1n) is 7.36. The number of fused-ring (bicyclic) bond motifs is 1. The fraction of sp³-hybridized carbons (Fsp3) is 0.438. The Morgan fingerprint density at radius 3 is 2.71 bits per heavy atom. The second-order valence-electron chi connectivity index (χ2n) is 5.57. The normalized spacial score (nSPS) is 22.2. The average Bonchev–Trinajstić information content (AvgIpc) is 2.75. The molecule has 1 saturated heterocycles. The minimum atomic E-state index is -0.229. The number of benzene rings is 1. The molecule has 1 aromatic carbocycles. The number of hydrogen-bond donors (Lipinski definition) is 0. The van der Waals surface area contributed by atoms with Crippen LogP contribution in [0.5, 0.6) is 0 Å². The number of rotatable bonds is 1. The highest BCUT2D eigenvalue weighted by Gasteiger charge is 2.37. The zero-order chi connectivity index (χ0) is 14.8. The number of carbonyl (C=O) groups excluding carboxylic acids is 1. The molecule has 0 saturated carbocycles. The molecule has 3 rings (SSSR count). The fourth-order valence-corrected chi connectivity index (χ4v) is 2.93. The monoisotopic (exact) mass is 282 g/mol. The second kappa shape index (κ2) is 5.57. The van der Waals surface area contributed by atoms with E-state index >= 15 is 0 Å². The van der Waals surface area contributed by atoms with Gasteiger partial charge in [0.15, 0.2) is 0 Å². The molecule has 21 heavy (non-hydrogen) atoms. The molecule has 1 fully saturated rings. The first kappa shape index (κ1) is 13.6. The van der Waals surface area contributed by atoms with Gasteiger partial charge in [0.2, 0.25) is 5.71 Å². The lowest BCUT2D eigenvalue weighted by Crippen LogP contribution is -2.55. The molecule has 0 spiro atoms. The number of amides is 1. The molecular formula is C16H18N4O. The first-order valence-corrected chi connectivity index (χ1v) is 7.36. The molecule has 2 heterocycles. The van der Waals surface area contributed by atoms with Gasteiger partial charge in [0.25, 0.3) is 5.91 Å². The average molecular weight is 282 g/mol. The van der Waals surface area contributed by atoms with Gasteiger partial charge in [-0.25, -0.2) is 5.01 Å². The molecule has 1 amide bonds. The van der Waals surface area contributed by atoms with Crippen LogP contribution in [-0.2, 0) is 4.79 Å². The van der Waals surface area contributed by atoms with E-state index in [2.05, 4.69) is 5.10 Å². The number of aryl methyl sites for hydroxylation is 1. The molecule has 0 unspecified atom stereocenters. The van der Waals surface area contributed by atoms with Gasteiger partial charge in [0, 0.05) is 6.54 Å². The van der Waals surface area contributed by atoms with Gasteiger partial charge in [-0.2, -0.15) is 10.4 Å². The summed E-state index contributed by atoms with van der Waals surface area (Å²) in [5.41, 5.74) is 2.08. The van der Waals surface area contributed by atoms with E-state index in [4.69, 9.17) is 0 Å². The summed E-state index contributed by atoms with van der Waals surface area (Å²) < 4.78 is 0. The van der Waals surface area contributed by atoms with Crippen LogP contribution in [0.2, 0.25) is 0 Å². The number of hydrogen-bond acceptors (Lipinski definition) is 4. The fourth-order valence-electron chi connectivity index (χ4n) is 2.93. The zero-order valence-electron chi connectivity index (χ0n) is 12.1. The number of anilines is 1. The van der Waals surface area contributed by atoms with E-state index in [9.17, 15) is 10.1 Å². The Balaban J connectivity index is 2.03. The van der Waals surface area contributed by atoms with Crippen LogP contribution in [-0.4, -0.2) is 29.2 Å². The molecule has 2 aliphatic rings. The lowest BCUT2D eigenvalue weighted by Gasteiger charge is -2.40. The Kier molecular flexibility index (Phi) is 3.61. The van der Waals surface area contributed by atoms with Gasteiger partial charge in [0.1, 0.15) is 12.2 Å². The molecular weight excluding hydrogens is 264 g/mol. The standard InChI is InChI=1S/C16H18N4O/c1-12-6-8-13(9-7-12)20-15-5-3-2-4-10-19(15)16(21)14(11-17)18-20/h6-9,15H,2-5,10H2,1H3/t15-/m1/s1. The van der Waals surface area contributed by atoms with E-state index in [0.717, 1.165) is 31.4 Å². The summed E-state index contributed by atoms with van der Waals surface area (Å²) in [6.45, 7) is 2.73. The minimum Gasteiger partial charge on any atom is -0.314 e. The SMILES string of the molecule is Cc1ccc(N2N=C(C#N)C(=O)N3CCCCC[C@H]32)cc1. The van der Waals surface area contributed by atoms with Crippen LogP contribution in [0.1, 0.15) is 31.2 Å². The summed E-state index contributed by atoms with van der Waals surface area (Å²) in [6.07, 6.45) is 4.00. The van der Waals surface area contributed by atoms with Gasteiger partial charge >= 0.3 is 0 Å². The lowest BCUT2D eigenvalue weighted by atomic mass is 10.1. The Hall–Kier alpha value is -2.35. The molecule has 0 aliphatic carbocycles. The maximum atomic E-state index is 12.3. The Labute approximate surface area is 124 Å². The number of nitrogens with zero attached hydrogens (tertiary/aromatic N) is 4. The van der Waals surface area contributed by atoms with Crippen molar-refractivity contribution in [1.82, 2.24) is 4.90 Å². The van der Waals surface area contributed by atoms with E-state index in [0.29, 0.717) is 6.54 Å². The Bertz CT molecular complexity index is 614. The Morgan fingerprint density at radius 2 is 2.00 bits per heavy atom. The molecule has 5 heteroatoms. The maximum Gasteiger partial charge on any atom is 0.286 e. The van der Waals surface area contributed by atoms with Crippen molar-refractivity contribution in [2.45, 2.75) is 38.8 Å². The molecule has 5 nitrogen and oxygen atoms in total. The van der Waals surface area contributed by atoms with Crippen molar-refractivity contribution in [2.24, 2.45) is 5.10 Å². The van der Waals surface area contributed by atoms with Crippen LogP contribution in [0.15, 0.2) is 29.4 Å². The predicted octanol–water partition coefficient (Wildman–Crippen LogP) is 2.42. The summed E-state index contributed by atoms with van der Waals surface area (Å²) in [5, 5.41) is 15.3. The smallest absolute Gasteiger partial charge is 0.286 e. The van der Waals surface area contributed by atoms with Crippen LogP contribution in [0, 0.1) is 18.3 Å². The quantitative estimate of drug-likeness (QED) is 0.794. The maximum absolute atomic E-state index is 12.3. The summed E-state index contributed by atoms with van der Waals surface area (Å²) in [6, 6.07) is 9.97. The van der Waals surface area contributed by atoms with Crippen molar-refractivity contribution >= 4 is 17.3 Å².